The molecule has 5 heteroatoms. The monoisotopic (exact) mass is 236 g/mol. The number of carbonyl (C=O) groups is 1. The molecule has 0 radical (unpaired) electrons. The summed E-state index contributed by atoms with van der Waals surface area (Å²) in [5, 5.41) is 0. The third-order valence-electron chi connectivity index (χ3n) is 2.95. The Kier molecular flexibility index (Phi) is 3.19. The number of carbonyl (C=O) groups excluding carboxylic acids is 1. The maximum absolute atomic E-state index is 12.2. The molecule has 1 heterocycles. The Labute approximate surface area is 100 Å². The molecule has 0 aromatic heterocycles. The van der Waals surface area contributed by atoms with Gasteiger partial charge in [0, 0.05) is 20.2 Å². The van der Waals surface area contributed by atoms with Crippen molar-refractivity contribution in [2.75, 3.05) is 33.0 Å². The molecule has 1 aromatic rings. The van der Waals surface area contributed by atoms with E-state index in [0.29, 0.717) is 30.1 Å². The molecule has 2 N–H and O–H groups in total. The molecule has 92 valence electrons. The van der Waals surface area contributed by atoms with Gasteiger partial charge in [0.1, 0.15) is 0 Å². The van der Waals surface area contributed by atoms with Crippen molar-refractivity contribution in [1.29, 1.82) is 0 Å². The van der Waals surface area contributed by atoms with Crippen molar-refractivity contribution in [3.8, 4) is 5.75 Å². The van der Waals surface area contributed by atoms with E-state index in [1.54, 1.807) is 30.2 Å². The number of nitrogens with zero attached hydrogens (tertiary/aromatic N) is 1. The second-order valence-electron chi connectivity index (χ2n) is 4.00. The third kappa shape index (κ3) is 2.06. The predicted octanol–water partition coefficient (Wildman–Crippen LogP) is 0.748. The summed E-state index contributed by atoms with van der Waals surface area (Å²) >= 11 is 0. The van der Waals surface area contributed by atoms with Crippen LogP contribution in [0.25, 0.3) is 0 Å². The molecular formula is C12H16N2O3. The van der Waals surface area contributed by atoms with E-state index in [9.17, 15) is 4.79 Å². The first-order chi connectivity index (χ1) is 8.17. The molecule has 1 aliphatic heterocycles. The van der Waals surface area contributed by atoms with Crippen LogP contribution >= 0.6 is 0 Å². The first-order valence-electron chi connectivity index (χ1n) is 5.42. The van der Waals surface area contributed by atoms with Crippen molar-refractivity contribution in [3.05, 3.63) is 23.8 Å². The fourth-order valence-electron chi connectivity index (χ4n) is 1.87. The highest BCUT2D eigenvalue weighted by molar-refractivity contribution is 5.99. The van der Waals surface area contributed by atoms with Crippen LogP contribution in [0.15, 0.2) is 18.2 Å². The van der Waals surface area contributed by atoms with Crippen molar-refractivity contribution in [3.63, 3.8) is 0 Å². The van der Waals surface area contributed by atoms with E-state index in [2.05, 4.69) is 0 Å². The minimum absolute atomic E-state index is 0.0672. The summed E-state index contributed by atoms with van der Waals surface area (Å²) in [5.41, 5.74) is 6.74. The molecule has 2 rings (SSSR count). The number of hydrogen-bond donors (Lipinski definition) is 1. The highest BCUT2D eigenvalue weighted by Gasteiger charge is 2.32. The number of anilines is 1. The summed E-state index contributed by atoms with van der Waals surface area (Å²) in [6.07, 6.45) is 0.144. The molecule has 1 amide bonds. The zero-order chi connectivity index (χ0) is 12.4. The minimum Gasteiger partial charge on any atom is -0.494 e. The second kappa shape index (κ2) is 4.63. The lowest BCUT2D eigenvalue weighted by atomic mass is 10.1. The van der Waals surface area contributed by atoms with Crippen LogP contribution in [-0.2, 0) is 4.74 Å². The lowest BCUT2D eigenvalue weighted by molar-refractivity contribution is -0.0193. The standard InChI is InChI=1S/C12H16N2O3/c1-16-8-6-14(7-8)12(15)9-4-3-5-10(13)11(9)17-2/h3-5,8H,6-7,13H2,1-2H3. The van der Waals surface area contributed by atoms with Gasteiger partial charge in [0.25, 0.3) is 5.91 Å². The summed E-state index contributed by atoms with van der Waals surface area (Å²) in [6.45, 7) is 1.24. The molecule has 0 bridgehead atoms. The molecule has 17 heavy (non-hydrogen) atoms. The number of ether oxygens (including phenoxy) is 2. The largest absolute Gasteiger partial charge is 0.494 e. The Morgan fingerprint density at radius 1 is 1.41 bits per heavy atom. The number of benzene rings is 1. The smallest absolute Gasteiger partial charge is 0.257 e. The number of nitrogens with two attached hydrogens (primary N) is 1. The van der Waals surface area contributed by atoms with Crippen LogP contribution in [0, 0.1) is 0 Å². The lowest BCUT2D eigenvalue weighted by Crippen LogP contribution is -2.54. The van der Waals surface area contributed by atoms with Gasteiger partial charge in [-0.2, -0.15) is 0 Å². The van der Waals surface area contributed by atoms with E-state index < -0.39 is 0 Å². The van der Waals surface area contributed by atoms with Crippen LogP contribution < -0.4 is 10.5 Å². The molecule has 1 aliphatic rings. The SMILES string of the molecule is COc1c(N)cccc1C(=O)N1CC(OC)C1. The third-order valence-corrected chi connectivity index (χ3v) is 2.95. The van der Waals surface area contributed by atoms with Gasteiger partial charge in [-0.25, -0.2) is 0 Å². The van der Waals surface area contributed by atoms with Crippen LogP contribution in [0.5, 0.6) is 5.75 Å². The van der Waals surface area contributed by atoms with E-state index in [-0.39, 0.29) is 12.0 Å². The molecule has 0 atom stereocenters. The Bertz CT molecular complexity index is 428. The molecule has 1 fully saturated rings. The molecule has 5 nitrogen and oxygen atoms in total. The Morgan fingerprint density at radius 3 is 2.71 bits per heavy atom. The van der Waals surface area contributed by atoms with Crippen LogP contribution in [0.1, 0.15) is 10.4 Å². The molecular weight excluding hydrogens is 220 g/mol. The first-order valence-corrected chi connectivity index (χ1v) is 5.42. The van der Waals surface area contributed by atoms with Gasteiger partial charge < -0.3 is 20.1 Å². The second-order valence-corrected chi connectivity index (χ2v) is 4.00. The maximum Gasteiger partial charge on any atom is 0.257 e. The van der Waals surface area contributed by atoms with Crippen molar-refractivity contribution < 1.29 is 14.3 Å². The number of para-hydroxylation sites is 1. The fourth-order valence-corrected chi connectivity index (χ4v) is 1.87. The average molecular weight is 236 g/mol. The lowest BCUT2D eigenvalue weighted by Gasteiger charge is -2.38. The molecule has 1 saturated heterocycles. The molecule has 0 saturated carbocycles. The van der Waals surface area contributed by atoms with Crippen molar-refractivity contribution in [1.82, 2.24) is 4.90 Å². The highest BCUT2D eigenvalue weighted by Crippen LogP contribution is 2.28. The van der Waals surface area contributed by atoms with Gasteiger partial charge in [0.2, 0.25) is 0 Å². The molecule has 0 unspecified atom stereocenters. The average Bonchev–Trinajstić information content (AvgIpc) is 2.27. The van der Waals surface area contributed by atoms with E-state index >= 15 is 0 Å². The van der Waals surface area contributed by atoms with Gasteiger partial charge in [-0.1, -0.05) is 6.07 Å². The minimum atomic E-state index is -0.0672. The number of hydrogen-bond acceptors (Lipinski definition) is 4. The zero-order valence-corrected chi connectivity index (χ0v) is 9.97. The van der Waals surface area contributed by atoms with Gasteiger partial charge in [-0.15, -0.1) is 0 Å². The van der Waals surface area contributed by atoms with E-state index in [1.807, 2.05) is 0 Å². The number of nitrogen functional groups attached to an aromatic ring is 1. The first kappa shape index (κ1) is 11.7. The number of likely N-dealkylation sites (tertiary alicyclic amines) is 1. The number of rotatable bonds is 3. The van der Waals surface area contributed by atoms with Gasteiger partial charge in [-0.05, 0) is 12.1 Å². The summed E-state index contributed by atoms with van der Waals surface area (Å²) in [7, 11) is 3.16. The highest BCUT2D eigenvalue weighted by atomic mass is 16.5. The van der Waals surface area contributed by atoms with Crippen LogP contribution in [0.4, 0.5) is 5.69 Å². The number of methoxy groups -OCH3 is 2. The predicted molar refractivity (Wildman–Crippen MR) is 64.1 cm³/mol. The quantitative estimate of drug-likeness (QED) is 0.786. The number of amides is 1. The Morgan fingerprint density at radius 2 is 2.12 bits per heavy atom. The normalized spacial score (nSPS) is 15.5. The summed E-state index contributed by atoms with van der Waals surface area (Å²) in [4.78, 5) is 13.9. The van der Waals surface area contributed by atoms with E-state index in [1.165, 1.54) is 7.11 Å². The van der Waals surface area contributed by atoms with Crippen LogP contribution in [0.2, 0.25) is 0 Å². The summed E-state index contributed by atoms with van der Waals surface area (Å²) in [5.74, 6) is 0.376. The van der Waals surface area contributed by atoms with Crippen molar-refractivity contribution >= 4 is 11.6 Å². The molecule has 0 aliphatic carbocycles. The Balaban J connectivity index is 2.17. The fraction of sp³-hybridized carbons (Fsp3) is 0.417. The van der Waals surface area contributed by atoms with Crippen molar-refractivity contribution in [2.45, 2.75) is 6.10 Å². The summed E-state index contributed by atoms with van der Waals surface area (Å²) in [6, 6.07) is 5.18. The van der Waals surface area contributed by atoms with E-state index in [4.69, 9.17) is 15.2 Å². The van der Waals surface area contributed by atoms with Gasteiger partial charge >= 0.3 is 0 Å². The van der Waals surface area contributed by atoms with Crippen molar-refractivity contribution in [2.24, 2.45) is 0 Å². The summed E-state index contributed by atoms with van der Waals surface area (Å²) < 4.78 is 10.3. The van der Waals surface area contributed by atoms with Gasteiger partial charge in [-0.3, -0.25) is 4.79 Å². The maximum atomic E-state index is 12.2. The Hall–Kier alpha value is -1.75. The topological polar surface area (TPSA) is 64.8 Å². The molecule has 0 spiro atoms. The van der Waals surface area contributed by atoms with Crippen LogP contribution in [0.3, 0.4) is 0 Å². The zero-order valence-electron chi connectivity index (χ0n) is 9.97. The van der Waals surface area contributed by atoms with Gasteiger partial charge in [0.15, 0.2) is 5.75 Å². The van der Waals surface area contributed by atoms with Crippen LogP contribution in [-0.4, -0.2) is 44.2 Å². The van der Waals surface area contributed by atoms with E-state index in [0.717, 1.165) is 0 Å². The van der Waals surface area contributed by atoms with Gasteiger partial charge in [0.05, 0.1) is 24.5 Å². The molecule has 1 aromatic carbocycles.